The zero-order valence-electron chi connectivity index (χ0n) is 14.3. The van der Waals surface area contributed by atoms with E-state index < -0.39 is 0 Å². The van der Waals surface area contributed by atoms with Crippen LogP contribution in [0.2, 0.25) is 0 Å². The quantitative estimate of drug-likeness (QED) is 0.872. The second kappa shape index (κ2) is 6.90. The Morgan fingerprint density at radius 1 is 1.24 bits per heavy atom. The predicted octanol–water partition coefficient (Wildman–Crippen LogP) is 2.34. The Balaban J connectivity index is 1.43. The highest BCUT2D eigenvalue weighted by molar-refractivity contribution is 5.78. The molecule has 1 N–H and O–H groups in total. The second-order valence-electron chi connectivity index (χ2n) is 7.03. The molecule has 2 fully saturated rings. The highest BCUT2D eigenvalue weighted by Gasteiger charge is 2.31. The van der Waals surface area contributed by atoms with E-state index in [4.69, 9.17) is 4.42 Å². The molecule has 1 amide bonds. The van der Waals surface area contributed by atoms with Gasteiger partial charge in [-0.15, -0.1) is 5.10 Å². The standard InChI is InChI=1S/C18H24N4O3/c23-17(13-5-2-1-3-6-13)19-10-11-21-18(24)22(14-8-9-14)16(20-21)15-7-4-12-25-15/h4,7,12-14H,1-3,5-6,8-11H2,(H,19,23). The molecular weight excluding hydrogens is 320 g/mol. The lowest BCUT2D eigenvalue weighted by atomic mass is 9.89. The summed E-state index contributed by atoms with van der Waals surface area (Å²) in [6.45, 7) is 0.805. The molecule has 7 heteroatoms. The first-order valence-electron chi connectivity index (χ1n) is 9.25. The van der Waals surface area contributed by atoms with Crippen LogP contribution in [0.5, 0.6) is 0 Å². The highest BCUT2D eigenvalue weighted by atomic mass is 16.3. The molecule has 2 saturated carbocycles. The number of carbonyl (C=O) groups is 1. The number of furan rings is 1. The molecule has 25 heavy (non-hydrogen) atoms. The molecule has 7 nitrogen and oxygen atoms in total. The summed E-state index contributed by atoms with van der Waals surface area (Å²) in [4.78, 5) is 24.9. The van der Waals surface area contributed by atoms with Gasteiger partial charge in [-0.05, 0) is 37.8 Å². The molecule has 0 aromatic carbocycles. The minimum absolute atomic E-state index is 0.112. The van der Waals surface area contributed by atoms with E-state index in [1.165, 1.54) is 11.1 Å². The Morgan fingerprint density at radius 2 is 2.04 bits per heavy atom. The fourth-order valence-electron chi connectivity index (χ4n) is 3.60. The van der Waals surface area contributed by atoms with Gasteiger partial charge in [0.1, 0.15) is 0 Å². The van der Waals surface area contributed by atoms with Crippen molar-refractivity contribution in [2.24, 2.45) is 5.92 Å². The van der Waals surface area contributed by atoms with Crippen molar-refractivity contribution < 1.29 is 9.21 Å². The smallest absolute Gasteiger partial charge is 0.346 e. The zero-order valence-corrected chi connectivity index (χ0v) is 14.3. The van der Waals surface area contributed by atoms with Crippen LogP contribution in [-0.2, 0) is 11.3 Å². The molecular formula is C18H24N4O3. The third kappa shape index (κ3) is 3.41. The number of nitrogens with zero attached hydrogens (tertiary/aromatic N) is 3. The van der Waals surface area contributed by atoms with E-state index in [0.717, 1.165) is 38.5 Å². The van der Waals surface area contributed by atoms with Crippen LogP contribution in [0.4, 0.5) is 0 Å². The van der Waals surface area contributed by atoms with Crippen molar-refractivity contribution in [3.8, 4) is 11.6 Å². The molecule has 2 aromatic heterocycles. The first kappa shape index (κ1) is 16.2. The molecule has 2 heterocycles. The Kier molecular flexibility index (Phi) is 4.46. The summed E-state index contributed by atoms with van der Waals surface area (Å²) in [5, 5.41) is 7.41. The van der Waals surface area contributed by atoms with E-state index >= 15 is 0 Å². The molecule has 0 radical (unpaired) electrons. The molecule has 2 aliphatic rings. The number of hydrogen-bond acceptors (Lipinski definition) is 4. The lowest BCUT2D eigenvalue weighted by Gasteiger charge is -2.20. The van der Waals surface area contributed by atoms with Crippen LogP contribution in [-0.4, -0.2) is 26.8 Å². The molecule has 0 saturated heterocycles. The van der Waals surface area contributed by atoms with Gasteiger partial charge in [0.2, 0.25) is 11.7 Å². The first-order chi connectivity index (χ1) is 12.2. The van der Waals surface area contributed by atoms with Crippen LogP contribution in [0, 0.1) is 5.92 Å². The van der Waals surface area contributed by atoms with E-state index in [2.05, 4.69) is 10.4 Å². The van der Waals surface area contributed by atoms with E-state index in [0.29, 0.717) is 24.7 Å². The molecule has 4 rings (SSSR count). The van der Waals surface area contributed by atoms with Gasteiger partial charge in [-0.2, -0.15) is 0 Å². The van der Waals surface area contributed by atoms with Gasteiger partial charge in [-0.25, -0.2) is 9.48 Å². The Hall–Kier alpha value is -2.31. The van der Waals surface area contributed by atoms with Gasteiger partial charge in [0, 0.05) is 18.5 Å². The normalized spacial score (nSPS) is 18.4. The summed E-state index contributed by atoms with van der Waals surface area (Å²) in [7, 11) is 0. The molecule has 0 atom stereocenters. The largest absolute Gasteiger partial charge is 0.461 e. The van der Waals surface area contributed by atoms with Crippen LogP contribution in [0.3, 0.4) is 0 Å². The Bertz CT molecular complexity index is 780. The molecule has 134 valence electrons. The summed E-state index contributed by atoms with van der Waals surface area (Å²) >= 11 is 0. The van der Waals surface area contributed by atoms with E-state index in [9.17, 15) is 9.59 Å². The number of nitrogens with one attached hydrogen (secondary N) is 1. The number of carbonyl (C=O) groups excluding carboxylic acids is 1. The molecule has 2 aromatic rings. The van der Waals surface area contributed by atoms with Crippen LogP contribution in [0.25, 0.3) is 11.6 Å². The number of rotatable bonds is 6. The fourth-order valence-corrected chi connectivity index (χ4v) is 3.60. The maximum Gasteiger partial charge on any atom is 0.346 e. The van der Waals surface area contributed by atoms with E-state index in [-0.39, 0.29) is 23.6 Å². The van der Waals surface area contributed by atoms with Gasteiger partial charge in [0.25, 0.3) is 0 Å². The summed E-state index contributed by atoms with van der Waals surface area (Å²) in [5.41, 5.74) is -0.124. The molecule has 0 spiro atoms. The predicted molar refractivity (Wildman–Crippen MR) is 92.0 cm³/mol. The maximum atomic E-state index is 12.7. The second-order valence-corrected chi connectivity index (χ2v) is 7.03. The van der Waals surface area contributed by atoms with Crippen molar-refractivity contribution in [1.29, 1.82) is 0 Å². The van der Waals surface area contributed by atoms with E-state index in [1.54, 1.807) is 16.9 Å². The fraction of sp³-hybridized carbons (Fsp3) is 0.611. The third-order valence-corrected chi connectivity index (χ3v) is 5.12. The summed E-state index contributed by atoms with van der Waals surface area (Å²) < 4.78 is 8.59. The summed E-state index contributed by atoms with van der Waals surface area (Å²) in [5.74, 6) is 1.43. The SMILES string of the molecule is O=C(NCCn1nc(-c2ccco2)n(C2CC2)c1=O)C1CCCCC1. The lowest BCUT2D eigenvalue weighted by Crippen LogP contribution is -2.36. The van der Waals surface area contributed by atoms with Crippen LogP contribution in [0.1, 0.15) is 51.0 Å². The number of amides is 1. The minimum atomic E-state index is -0.124. The zero-order chi connectivity index (χ0) is 17.2. The van der Waals surface area contributed by atoms with Crippen LogP contribution >= 0.6 is 0 Å². The summed E-state index contributed by atoms with van der Waals surface area (Å²) in [6.07, 6.45) is 9.03. The van der Waals surface area contributed by atoms with Crippen molar-refractivity contribution in [3.63, 3.8) is 0 Å². The number of aromatic nitrogens is 3. The third-order valence-electron chi connectivity index (χ3n) is 5.12. The van der Waals surface area contributed by atoms with Gasteiger partial charge in [0.05, 0.1) is 12.8 Å². The van der Waals surface area contributed by atoms with E-state index in [1.807, 2.05) is 6.07 Å². The minimum Gasteiger partial charge on any atom is -0.461 e. The highest BCUT2D eigenvalue weighted by Crippen LogP contribution is 2.36. The molecule has 0 unspecified atom stereocenters. The van der Waals surface area contributed by atoms with Crippen molar-refractivity contribution in [2.75, 3.05) is 6.54 Å². The lowest BCUT2D eigenvalue weighted by molar-refractivity contribution is -0.125. The molecule has 2 aliphatic carbocycles. The van der Waals surface area contributed by atoms with Crippen molar-refractivity contribution in [2.45, 2.75) is 57.5 Å². The molecule has 0 aliphatic heterocycles. The van der Waals surface area contributed by atoms with Gasteiger partial charge in [0.15, 0.2) is 5.76 Å². The van der Waals surface area contributed by atoms with Gasteiger partial charge >= 0.3 is 5.69 Å². The van der Waals surface area contributed by atoms with Gasteiger partial charge in [-0.3, -0.25) is 9.36 Å². The Labute approximate surface area is 146 Å². The number of hydrogen-bond donors (Lipinski definition) is 1. The van der Waals surface area contributed by atoms with Crippen molar-refractivity contribution in [3.05, 3.63) is 28.9 Å². The summed E-state index contributed by atoms with van der Waals surface area (Å²) in [6, 6.07) is 3.83. The topological polar surface area (TPSA) is 82.1 Å². The van der Waals surface area contributed by atoms with Crippen molar-refractivity contribution >= 4 is 5.91 Å². The average molecular weight is 344 g/mol. The van der Waals surface area contributed by atoms with Crippen molar-refractivity contribution in [1.82, 2.24) is 19.7 Å². The average Bonchev–Trinajstić information content (AvgIpc) is 3.21. The van der Waals surface area contributed by atoms with Crippen LogP contribution in [0.15, 0.2) is 27.6 Å². The first-order valence-corrected chi connectivity index (χ1v) is 9.25. The Morgan fingerprint density at radius 3 is 2.72 bits per heavy atom. The van der Waals surface area contributed by atoms with Gasteiger partial charge in [-0.1, -0.05) is 19.3 Å². The van der Waals surface area contributed by atoms with Gasteiger partial charge < -0.3 is 9.73 Å². The van der Waals surface area contributed by atoms with Crippen LogP contribution < -0.4 is 11.0 Å². The monoisotopic (exact) mass is 344 g/mol. The maximum absolute atomic E-state index is 12.7. The molecule has 0 bridgehead atoms.